The van der Waals surface area contributed by atoms with Gasteiger partial charge in [-0.3, -0.25) is 0 Å². The molecule has 0 aliphatic rings. The largest absolute Gasteiger partial charge is 0.313 e. The highest BCUT2D eigenvalue weighted by molar-refractivity contribution is 5.75. The van der Waals surface area contributed by atoms with Crippen molar-refractivity contribution in [2.75, 3.05) is 6.54 Å². The van der Waals surface area contributed by atoms with E-state index in [9.17, 15) is 9.18 Å². The number of carbonyl (C=O) groups excluding carboxylic acids is 1. The van der Waals surface area contributed by atoms with Gasteiger partial charge in [0, 0.05) is 13.0 Å². The monoisotopic (exact) mass is 209 g/mol. The van der Waals surface area contributed by atoms with Gasteiger partial charge >= 0.3 is 0 Å². The van der Waals surface area contributed by atoms with Gasteiger partial charge in [-0.05, 0) is 37.6 Å². The van der Waals surface area contributed by atoms with Crippen molar-refractivity contribution in [3.63, 3.8) is 0 Å². The first-order valence-electron chi connectivity index (χ1n) is 5.13. The molecular weight excluding hydrogens is 193 g/mol. The average molecular weight is 209 g/mol. The fourth-order valence-electron chi connectivity index (χ4n) is 1.34. The maximum atomic E-state index is 12.8. The van der Waals surface area contributed by atoms with Crippen LogP contribution < -0.4 is 5.32 Å². The summed E-state index contributed by atoms with van der Waals surface area (Å²) in [6.07, 6.45) is 1.45. The smallest absolute Gasteiger partial charge is 0.129 e. The molecule has 0 aliphatic heterocycles. The minimum atomic E-state index is -0.210. The van der Waals surface area contributed by atoms with E-state index in [2.05, 4.69) is 5.32 Å². The van der Waals surface area contributed by atoms with E-state index in [4.69, 9.17) is 0 Å². The number of hydrogen-bond acceptors (Lipinski definition) is 2. The van der Waals surface area contributed by atoms with Crippen LogP contribution in [-0.2, 0) is 11.3 Å². The molecule has 1 aromatic carbocycles. The van der Waals surface area contributed by atoms with E-state index in [1.165, 1.54) is 12.1 Å². The van der Waals surface area contributed by atoms with E-state index >= 15 is 0 Å². The fourth-order valence-corrected chi connectivity index (χ4v) is 1.34. The molecule has 0 amide bonds. The third-order valence-corrected chi connectivity index (χ3v) is 2.10. The minimum Gasteiger partial charge on any atom is -0.313 e. The zero-order chi connectivity index (χ0) is 11.1. The van der Waals surface area contributed by atoms with Crippen molar-refractivity contribution in [1.29, 1.82) is 0 Å². The summed E-state index contributed by atoms with van der Waals surface area (Å²) in [5, 5.41) is 3.17. The Morgan fingerprint density at radius 3 is 2.93 bits per heavy atom. The molecule has 0 heterocycles. The van der Waals surface area contributed by atoms with Crippen LogP contribution in [0.15, 0.2) is 24.3 Å². The molecule has 3 heteroatoms. The highest BCUT2D eigenvalue weighted by atomic mass is 19.1. The third kappa shape index (κ3) is 5.27. The number of benzene rings is 1. The molecule has 0 atom stereocenters. The molecule has 15 heavy (non-hydrogen) atoms. The van der Waals surface area contributed by atoms with Crippen LogP contribution in [0.4, 0.5) is 4.39 Å². The normalized spacial score (nSPS) is 10.3. The standard InChI is InChI=1S/C12H16FNO/c1-10(15)4-3-7-14-9-11-5-2-6-12(13)8-11/h2,5-6,8,14H,3-4,7,9H2,1H3. The third-order valence-electron chi connectivity index (χ3n) is 2.10. The second kappa shape index (κ2) is 6.30. The Kier molecular flexibility index (Phi) is 4.98. The molecule has 0 radical (unpaired) electrons. The second-order valence-electron chi connectivity index (χ2n) is 3.61. The average Bonchev–Trinajstić information content (AvgIpc) is 2.17. The van der Waals surface area contributed by atoms with Crippen LogP contribution >= 0.6 is 0 Å². The summed E-state index contributed by atoms with van der Waals surface area (Å²) in [6.45, 7) is 3.03. The number of rotatable bonds is 6. The lowest BCUT2D eigenvalue weighted by atomic mass is 10.2. The van der Waals surface area contributed by atoms with Gasteiger partial charge in [-0.15, -0.1) is 0 Å². The maximum absolute atomic E-state index is 12.8. The quantitative estimate of drug-likeness (QED) is 0.728. The summed E-state index contributed by atoms with van der Waals surface area (Å²) in [7, 11) is 0. The van der Waals surface area contributed by atoms with Crippen molar-refractivity contribution in [2.24, 2.45) is 0 Å². The van der Waals surface area contributed by atoms with Crippen LogP contribution in [0.5, 0.6) is 0 Å². The van der Waals surface area contributed by atoms with E-state index in [0.717, 1.165) is 18.5 Å². The molecule has 2 nitrogen and oxygen atoms in total. The van der Waals surface area contributed by atoms with Crippen LogP contribution in [0.3, 0.4) is 0 Å². The Hall–Kier alpha value is -1.22. The molecule has 0 bridgehead atoms. The molecule has 1 N–H and O–H groups in total. The van der Waals surface area contributed by atoms with E-state index in [1.54, 1.807) is 13.0 Å². The van der Waals surface area contributed by atoms with Gasteiger partial charge in [0.1, 0.15) is 11.6 Å². The number of carbonyl (C=O) groups is 1. The Morgan fingerprint density at radius 2 is 2.27 bits per heavy atom. The van der Waals surface area contributed by atoms with Gasteiger partial charge in [0.15, 0.2) is 0 Å². The summed E-state index contributed by atoms with van der Waals surface area (Å²) in [5.41, 5.74) is 0.929. The lowest BCUT2D eigenvalue weighted by Gasteiger charge is -2.03. The number of hydrogen-bond donors (Lipinski definition) is 1. The molecule has 0 aromatic heterocycles. The van der Waals surface area contributed by atoms with Crippen molar-refractivity contribution in [3.05, 3.63) is 35.6 Å². The molecule has 1 rings (SSSR count). The maximum Gasteiger partial charge on any atom is 0.129 e. The number of ketones is 1. The van der Waals surface area contributed by atoms with E-state index in [0.29, 0.717) is 13.0 Å². The van der Waals surface area contributed by atoms with Gasteiger partial charge in [-0.25, -0.2) is 4.39 Å². The van der Waals surface area contributed by atoms with E-state index in [-0.39, 0.29) is 11.6 Å². The zero-order valence-corrected chi connectivity index (χ0v) is 8.92. The van der Waals surface area contributed by atoms with Crippen LogP contribution in [0.2, 0.25) is 0 Å². The molecule has 82 valence electrons. The molecule has 0 spiro atoms. The van der Waals surface area contributed by atoms with Crippen LogP contribution in [-0.4, -0.2) is 12.3 Å². The molecule has 0 saturated carbocycles. The minimum absolute atomic E-state index is 0.210. The summed E-state index contributed by atoms with van der Waals surface area (Å²) in [5.74, 6) is 0.000548. The number of nitrogens with one attached hydrogen (secondary N) is 1. The fraction of sp³-hybridized carbons (Fsp3) is 0.417. The predicted octanol–water partition coefficient (Wildman–Crippen LogP) is 2.28. The summed E-state index contributed by atoms with van der Waals surface area (Å²) < 4.78 is 12.8. The van der Waals surface area contributed by atoms with Gasteiger partial charge in [-0.1, -0.05) is 12.1 Å². The zero-order valence-electron chi connectivity index (χ0n) is 8.92. The van der Waals surface area contributed by atoms with Crippen molar-refractivity contribution in [2.45, 2.75) is 26.3 Å². The Bertz CT molecular complexity index is 325. The van der Waals surface area contributed by atoms with Gasteiger partial charge in [0.25, 0.3) is 0 Å². The van der Waals surface area contributed by atoms with Gasteiger partial charge < -0.3 is 10.1 Å². The number of Topliss-reactive ketones (excluding diaryl/α,β-unsaturated/α-hetero) is 1. The molecular formula is C12H16FNO. The Balaban J connectivity index is 2.17. The van der Waals surface area contributed by atoms with Gasteiger partial charge in [-0.2, -0.15) is 0 Å². The lowest BCUT2D eigenvalue weighted by Crippen LogP contribution is -2.15. The summed E-state index contributed by atoms with van der Waals surface area (Å²) in [6, 6.07) is 6.51. The van der Waals surface area contributed by atoms with Gasteiger partial charge in [0.2, 0.25) is 0 Å². The van der Waals surface area contributed by atoms with Crippen molar-refractivity contribution in [1.82, 2.24) is 5.32 Å². The number of halogens is 1. The van der Waals surface area contributed by atoms with Crippen molar-refractivity contribution in [3.8, 4) is 0 Å². The topological polar surface area (TPSA) is 29.1 Å². The summed E-state index contributed by atoms with van der Waals surface area (Å²) >= 11 is 0. The van der Waals surface area contributed by atoms with E-state index in [1.807, 2.05) is 6.07 Å². The molecule has 0 saturated heterocycles. The van der Waals surface area contributed by atoms with Crippen LogP contribution in [0, 0.1) is 5.82 Å². The Morgan fingerprint density at radius 1 is 1.47 bits per heavy atom. The first-order valence-corrected chi connectivity index (χ1v) is 5.13. The first kappa shape index (κ1) is 11.9. The Labute approximate surface area is 89.5 Å². The van der Waals surface area contributed by atoms with Gasteiger partial charge in [0.05, 0.1) is 0 Å². The molecule has 0 fully saturated rings. The lowest BCUT2D eigenvalue weighted by molar-refractivity contribution is -0.117. The molecule has 0 unspecified atom stereocenters. The molecule has 1 aromatic rings. The van der Waals surface area contributed by atoms with Crippen LogP contribution in [0.25, 0.3) is 0 Å². The highest BCUT2D eigenvalue weighted by Crippen LogP contribution is 2.02. The summed E-state index contributed by atoms with van der Waals surface area (Å²) in [4.78, 5) is 10.6. The van der Waals surface area contributed by atoms with Crippen LogP contribution in [0.1, 0.15) is 25.3 Å². The SMILES string of the molecule is CC(=O)CCCNCc1cccc(F)c1. The highest BCUT2D eigenvalue weighted by Gasteiger charge is 1.96. The first-order chi connectivity index (χ1) is 7.18. The molecule has 0 aliphatic carbocycles. The van der Waals surface area contributed by atoms with E-state index < -0.39 is 0 Å². The predicted molar refractivity (Wildman–Crippen MR) is 58.0 cm³/mol. The second-order valence-corrected chi connectivity index (χ2v) is 3.61. The van der Waals surface area contributed by atoms with Crippen molar-refractivity contribution < 1.29 is 9.18 Å². The van der Waals surface area contributed by atoms with Crippen molar-refractivity contribution >= 4 is 5.78 Å².